The molecule has 1 aromatic carbocycles. The maximum Gasteiger partial charge on any atom is 0.374 e. The minimum Gasteiger partial charge on any atom is -0.457 e. The van der Waals surface area contributed by atoms with Crippen LogP contribution >= 0.6 is 0 Å². The van der Waals surface area contributed by atoms with Gasteiger partial charge >= 0.3 is 11.9 Å². The van der Waals surface area contributed by atoms with E-state index in [0.29, 0.717) is 0 Å². The van der Waals surface area contributed by atoms with Crippen molar-refractivity contribution in [1.29, 1.82) is 0 Å². The van der Waals surface area contributed by atoms with E-state index in [1.165, 1.54) is 12.5 Å². The zero-order valence-corrected chi connectivity index (χ0v) is 15.4. The Morgan fingerprint density at radius 2 is 1.26 bits per heavy atom. The van der Waals surface area contributed by atoms with E-state index in [1.807, 2.05) is 26.8 Å². The first-order valence-corrected chi connectivity index (χ1v) is 8.47. The lowest BCUT2D eigenvalue weighted by Gasteiger charge is -2.17. The van der Waals surface area contributed by atoms with Crippen LogP contribution in [0.5, 0.6) is 0 Å². The van der Waals surface area contributed by atoms with Crippen LogP contribution in [0.3, 0.4) is 0 Å². The molecule has 0 unspecified atom stereocenters. The third-order valence-electron chi connectivity index (χ3n) is 4.43. The largest absolute Gasteiger partial charge is 0.457 e. The molecule has 0 saturated heterocycles. The zero-order valence-electron chi connectivity index (χ0n) is 15.4. The quantitative estimate of drug-likeness (QED) is 0.596. The van der Waals surface area contributed by atoms with Crippen LogP contribution in [0.4, 0.5) is 0 Å². The van der Waals surface area contributed by atoms with Crippen molar-refractivity contribution in [3.05, 3.63) is 82.2 Å². The summed E-state index contributed by atoms with van der Waals surface area (Å²) in [6.07, 6.45) is 2.84. The van der Waals surface area contributed by atoms with Gasteiger partial charge in [0.25, 0.3) is 0 Å². The van der Waals surface area contributed by atoms with Crippen LogP contribution in [0.2, 0.25) is 0 Å². The fourth-order valence-electron chi connectivity index (χ4n) is 2.92. The van der Waals surface area contributed by atoms with Crippen LogP contribution in [0.1, 0.15) is 48.9 Å². The molecule has 0 N–H and O–H groups in total. The zero-order chi connectivity index (χ0) is 19.4. The molecule has 3 rings (SSSR count). The second-order valence-electron chi connectivity index (χ2n) is 6.20. The van der Waals surface area contributed by atoms with Gasteiger partial charge in [-0.25, -0.2) is 9.59 Å². The summed E-state index contributed by atoms with van der Waals surface area (Å²) in [6, 6.07) is 8.35. The number of benzene rings is 1. The first-order valence-electron chi connectivity index (χ1n) is 8.47. The molecular weight excluding hydrogens is 348 g/mol. The van der Waals surface area contributed by atoms with E-state index in [2.05, 4.69) is 0 Å². The fourth-order valence-corrected chi connectivity index (χ4v) is 2.92. The van der Waals surface area contributed by atoms with Crippen molar-refractivity contribution in [3.63, 3.8) is 0 Å². The smallest absolute Gasteiger partial charge is 0.374 e. The van der Waals surface area contributed by atoms with Crippen molar-refractivity contribution >= 4 is 11.9 Å². The van der Waals surface area contributed by atoms with Gasteiger partial charge in [0.1, 0.15) is 13.2 Å². The molecule has 0 aliphatic rings. The van der Waals surface area contributed by atoms with E-state index in [4.69, 9.17) is 18.3 Å². The summed E-state index contributed by atoms with van der Waals surface area (Å²) in [5, 5.41) is 0. The second kappa shape index (κ2) is 7.95. The lowest BCUT2D eigenvalue weighted by atomic mass is 9.94. The van der Waals surface area contributed by atoms with Crippen LogP contribution in [0, 0.1) is 20.8 Å². The van der Waals surface area contributed by atoms with Gasteiger partial charge in [-0.05, 0) is 72.9 Å². The Bertz CT molecular complexity index is 861. The number of hydrogen-bond acceptors (Lipinski definition) is 6. The van der Waals surface area contributed by atoms with Crippen LogP contribution in [0.25, 0.3) is 0 Å². The van der Waals surface area contributed by atoms with Crippen molar-refractivity contribution in [2.24, 2.45) is 0 Å². The molecule has 27 heavy (non-hydrogen) atoms. The number of ether oxygens (including phenoxy) is 2. The highest BCUT2D eigenvalue weighted by Crippen LogP contribution is 2.24. The van der Waals surface area contributed by atoms with Gasteiger partial charge in [-0.1, -0.05) is 6.07 Å². The van der Waals surface area contributed by atoms with Gasteiger partial charge in [-0.2, -0.15) is 0 Å². The van der Waals surface area contributed by atoms with E-state index in [-0.39, 0.29) is 24.7 Å². The predicted octanol–water partition coefficient (Wildman–Crippen LogP) is 4.51. The number of aryl methyl sites for hydroxylation is 2. The molecule has 140 valence electrons. The number of esters is 2. The summed E-state index contributed by atoms with van der Waals surface area (Å²) in [4.78, 5) is 24.0. The average molecular weight is 368 g/mol. The molecule has 3 aromatic rings. The number of carbonyl (C=O) groups is 2. The second-order valence-corrected chi connectivity index (χ2v) is 6.20. The molecule has 0 fully saturated rings. The highest BCUT2D eigenvalue weighted by atomic mass is 16.5. The van der Waals surface area contributed by atoms with Gasteiger partial charge < -0.3 is 18.3 Å². The van der Waals surface area contributed by atoms with Crippen LogP contribution in [-0.2, 0) is 22.7 Å². The lowest BCUT2D eigenvalue weighted by molar-refractivity contribution is 0.0434. The molecule has 0 saturated carbocycles. The third kappa shape index (κ3) is 4.11. The normalized spacial score (nSPS) is 10.6. The maximum atomic E-state index is 12.0. The summed E-state index contributed by atoms with van der Waals surface area (Å²) in [5.74, 6) is -0.731. The maximum absolute atomic E-state index is 12.0. The molecule has 6 nitrogen and oxygen atoms in total. The molecular formula is C21H20O6. The van der Waals surface area contributed by atoms with Crippen molar-refractivity contribution in [2.45, 2.75) is 34.0 Å². The number of carbonyl (C=O) groups excluding carboxylic acids is 2. The number of furan rings is 2. The van der Waals surface area contributed by atoms with E-state index >= 15 is 0 Å². The topological polar surface area (TPSA) is 78.9 Å². The molecule has 0 atom stereocenters. The van der Waals surface area contributed by atoms with Gasteiger partial charge in [0, 0.05) is 0 Å². The summed E-state index contributed by atoms with van der Waals surface area (Å²) in [5.41, 5.74) is 4.68. The van der Waals surface area contributed by atoms with E-state index in [1.54, 1.807) is 24.3 Å². The molecule has 2 heterocycles. The molecule has 0 aliphatic carbocycles. The van der Waals surface area contributed by atoms with Gasteiger partial charge in [-0.15, -0.1) is 0 Å². The standard InChI is InChI=1S/C21H20O6/c1-13-10-14(2)17(12-27-21(23)19-7-5-9-25-19)15(3)16(13)11-26-20(22)18-6-4-8-24-18/h4-10H,11-12H2,1-3H3. The van der Waals surface area contributed by atoms with E-state index < -0.39 is 11.9 Å². The van der Waals surface area contributed by atoms with Crippen LogP contribution in [-0.4, -0.2) is 11.9 Å². The predicted molar refractivity (Wildman–Crippen MR) is 96.3 cm³/mol. The molecule has 0 aliphatic heterocycles. The molecule has 0 radical (unpaired) electrons. The first kappa shape index (κ1) is 18.5. The minimum absolute atomic E-state index is 0.108. The average Bonchev–Trinajstić information content (AvgIpc) is 3.34. The number of rotatable bonds is 6. The molecule has 0 spiro atoms. The lowest BCUT2D eigenvalue weighted by Crippen LogP contribution is -2.10. The SMILES string of the molecule is Cc1cc(C)c(COC(=O)c2ccco2)c(C)c1COC(=O)c1ccco1. The Hall–Kier alpha value is -3.28. The molecule has 2 aromatic heterocycles. The van der Waals surface area contributed by atoms with Crippen LogP contribution < -0.4 is 0 Å². The van der Waals surface area contributed by atoms with Crippen molar-refractivity contribution in [1.82, 2.24) is 0 Å². The first-order chi connectivity index (χ1) is 13.0. The third-order valence-corrected chi connectivity index (χ3v) is 4.43. The Labute approximate surface area is 156 Å². The van der Waals surface area contributed by atoms with Crippen molar-refractivity contribution in [2.75, 3.05) is 0 Å². The van der Waals surface area contributed by atoms with Gasteiger partial charge in [0.05, 0.1) is 12.5 Å². The van der Waals surface area contributed by atoms with Gasteiger partial charge in [0.15, 0.2) is 0 Å². The Kier molecular flexibility index (Phi) is 5.45. The van der Waals surface area contributed by atoms with E-state index in [0.717, 1.165) is 27.8 Å². The highest BCUT2D eigenvalue weighted by Gasteiger charge is 2.17. The van der Waals surface area contributed by atoms with Gasteiger partial charge in [-0.3, -0.25) is 0 Å². The van der Waals surface area contributed by atoms with Crippen molar-refractivity contribution < 1.29 is 27.9 Å². The monoisotopic (exact) mass is 368 g/mol. The Morgan fingerprint density at radius 3 is 1.63 bits per heavy atom. The minimum atomic E-state index is -0.523. The number of hydrogen-bond donors (Lipinski definition) is 0. The highest BCUT2D eigenvalue weighted by molar-refractivity contribution is 5.86. The molecule has 0 bridgehead atoms. The van der Waals surface area contributed by atoms with Crippen LogP contribution in [0.15, 0.2) is 51.7 Å². The van der Waals surface area contributed by atoms with Gasteiger partial charge in [0.2, 0.25) is 11.5 Å². The summed E-state index contributed by atoms with van der Waals surface area (Å²) in [6.45, 7) is 6.04. The van der Waals surface area contributed by atoms with Crippen molar-refractivity contribution in [3.8, 4) is 0 Å². The summed E-state index contributed by atoms with van der Waals surface area (Å²) >= 11 is 0. The van der Waals surface area contributed by atoms with E-state index in [9.17, 15) is 9.59 Å². The molecule has 6 heteroatoms. The Balaban J connectivity index is 1.74. The summed E-state index contributed by atoms with van der Waals surface area (Å²) < 4.78 is 20.8. The Morgan fingerprint density at radius 1 is 0.815 bits per heavy atom. The summed E-state index contributed by atoms with van der Waals surface area (Å²) in [7, 11) is 0. The molecule has 0 amide bonds. The fraction of sp³-hybridized carbons (Fsp3) is 0.238.